The summed E-state index contributed by atoms with van der Waals surface area (Å²) in [6, 6.07) is 13.1. The first-order valence-corrected chi connectivity index (χ1v) is 6.90. The first-order chi connectivity index (χ1) is 10.6. The van der Waals surface area contributed by atoms with E-state index in [4.69, 9.17) is 4.42 Å². The Hall–Kier alpha value is -3.06. The molecule has 0 aliphatic heterocycles. The van der Waals surface area contributed by atoms with Crippen LogP contribution >= 0.6 is 0 Å². The molecule has 0 atom stereocenters. The molecule has 3 rings (SSSR count). The molecule has 0 aliphatic rings. The van der Waals surface area contributed by atoms with E-state index in [0.29, 0.717) is 11.3 Å². The SMILES string of the molecule is Cc1ccc(/C=C(\C#N)C(=O)c2c(C)[nH]c3ccccc23)o1. The number of ketones is 1. The molecule has 0 amide bonds. The minimum atomic E-state index is -0.300. The van der Waals surface area contributed by atoms with Crippen LogP contribution < -0.4 is 0 Å². The largest absolute Gasteiger partial charge is 0.462 e. The van der Waals surface area contributed by atoms with Crippen LogP contribution in [0.5, 0.6) is 0 Å². The van der Waals surface area contributed by atoms with Crippen molar-refractivity contribution in [2.75, 3.05) is 0 Å². The molecule has 3 aromatic rings. The molecule has 0 unspecified atom stereocenters. The molecule has 4 heteroatoms. The molecule has 0 radical (unpaired) electrons. The number of H-pyrrole nitrogens is 1. The Morgan fingerprint density at radius 3 is 2.68 bits per heavy atom. The van der Waals surface area contributed by atoms with Crippen LogP contribution in [0.15, 0.2) is 46.4 Å². The van der Waals surface area contributed by atoms with Crippen molar-refractivity contribution in [2.45, 2.75) is 13.8 Å². The second-order valence-corrected chi connectivity index (χ2v) is 5.12. The molecule has 0 bridgehead atoms. The number of hydrogen-bond donors (Lipinski definition) is 1. The molecule has 0 saturated carbocycles. The maximum atomic E-state index is 12.7. The average molecular weight is 290 g/mol. The number of rotatable bonds is 3. The van der Waals surface area contributed by atoms with Gasteiger partial charge in [0.2, 0.25) is 5.78 Å². The average Bonchev–Trinajstić information content (AvgIpc) is 3.06. The van der Waals surface area contributed by atoms with Gasteiger partial charge in [0.15, 0.2) is 0 Å². The molecular weight excluding hydrogens is 276 g/mol. The number of aryl methyl sites for hydroxylation is 2. The van der Waals surface area contributed by atoms with Gasteiger partial charge in [-0.15, -0.1) is 0 Å². The van der Waals surface area contributed by atoms with Gasteiger partial charge in [0.1, 0.15) is 23.2 Å². The molecule has 0 saturated heterocycles. The summed E-state index contributed by atoms with van der Waals surface area (Å²) < 4.78 is 5.41. The summed E-state index contributed by atoms with van der Waals surface area (Å²) in [7, 11) is 0. The fourth-order valence-electron chi connectivity index (χ4n) is 2.53. The normalized spacial score (nSPS) is 11.6. The van der Waals surface area contributed by atoms with E-state index in [9.17, 15) is 10.1 Å². The highest BCUT2D eigenvalue weighted by Crippen LogP contribution is 2.25. The lowest BCUT2D eigenvalue weighted by atomic mass is 10.0. The van der Waals surface area contributed by atoms with Crippen LogP contribution in [-0.4, -0.2) is 10.8 Å². The van der Waals surface area contributed by atoms with E-state index in [1.165, 1.54) is 6.08 Å². The number of allylic oxidation sites excluding steroid dienone is 1. The highest BCUT2D eigenvalue weighted by Gasteiger charge is 2.20. The lowest BCUT2D eigenvalue weighted by molar-refractivity contribution is 0.104. The predicted octanol–water partition coefficient (Wildman–Crippen LogP) is 4.17. The van der Waals surface area contributed by atoms with E-state index >= 15 is 0 Å². The first-order valence-electron chi connectivity index (χ1n) is 6.90. The molecule has 4 nitrogen and oxygen atoms in total. The maximum absolute atomic E-state index is 12.7. The third-order valence-electron chi connectivity index (χ3n) is 3.53. The van der Waals surface area contributed by atoms with Gasteiger partial charge in [-0.25, -0.2) is 0 Å². The number of hydrogen-bond acceptors (Lipinski definition) is 3. The van der Waals surface area contributed by atoms with Crippen LogP contribution in [0, 0.1) is 25.2 Å². The second-order valence-electron chi connectivity index (χ2n) is 5.12. The van der Waals surface area contributed by atoms with Gasteiger partial charge in [0.25, 0.3) is 0 Å². The molecule has 0 spiro atoms. The van der Waals surface area contributed by atoms with E-state index < -0.39 is 0 Å². The molecule has 2 aromatic heterocycles. The number of nitriles is 1. The fourth-order valence-corrected chi connectivity index (χ4v) is 2.53. The van der Waals surface area contributed by atoms with Crippen molar-refractivity contribution >= 4 is 22.8 Å². The maximum Gasteiger partial charge on any atom is 0.206 e. The molecule has 0 aliphatic carbocycles. The highest BCUT2D eigenvalue weighted by molar-refractivity contribution is 6.20. The Morgan fingerprint density at radius 2 is 2.00 bits per heavy atom. The van der Waals surface area contributed by atoms with Gasteiger partial charge in [-0.3, -0.25) is 4.79 Å². The van der Waals surface area contributed by atoms with Crippen molar-refractivity contribution < 1.29 is 9.21 Å². The van der Waals surface area contributed by atoms with E-state index in [0.717, 1.165) is 22.4 Å². The highest BCUT2D eigenvalue weighted by atomic mass is 16.3. The zero-order valence-electron chi connectivity index (χ0n) is 12.3. The number of Topliss-reactive ketones (excluding diaryl/α,β-unsaturated/α-hetero) is 1. The zero-order chi connectivity index (χ0) is 15.7. The van der Waals surface area contributed by atoms with Crippen LogP contribution in [-0.2, 0) is 0 Å². The van der Waals surface area contributed by atoms with Gasteiger partial charge >= 0.3 is 0 Å². The van der Waals surface area contributed by atoms with Gasteiger partial charge in [-0.05, 0) is 32.0 Å². The number of fused-ring (bicyclic) bond motifs is 1. The van der Waals surface area contributed by atoms with E-state index in [-0.39, 0.29) is 11.4 Å². The van der Waals surface area contributed by atoms with Crippen LogP contribution in [0.1, 0.15) is 27.6 Å². The van der Waals surface area contributed by atoms with E-state index in [2.05, 4.69) is 4.98 Å². The number of carbonyl (C=O) groups is 1. The van der Waals surface area contributed by atoms with Crippen molar-refractivity contribution in [1.82, 2.24) is 4.98 Å². The van der Waals surface area contributed by atoms with E-state index in [1.807, 2.05) is 44.2 Å². The molecular formula is C18H14N2O2. The summed E-state index contributed by atoms with van der Waals surface area (Å²) >= 11 is 0. The third-order valence-corrected chi connectivity index (χ3v) is 3.53. The lowest BCUT2D eigenvalue weighted by Gasteiger charge is -1.99. The van der Waals surface area contributed by atoms with Crippen LogP contribution in [0.4, 0.5) is 0 Å². The van der Waals surface area contributed by atoms with E-state index in [1.54, 1.807) is 12.1 Å². The summed E-state index contributed by atoms with van der Waals surface area (Å²) in [5.74, 6) is 0.936. The number of aromatic amines is 1. The Balaban J connectivity index is 2.10. The minimum Gasteiger partial charge on any atom is -0.462 e. The van der Waals surface area contributed by atoms with Crippen molar-refractivity contribution in [3.8, 4) is 6.07 Å². The number of para-hydroxylation sites is 1. The summed E-state index contributed by atoms with van der Waals surface area (Å²) in [5, 5.41) is 10.2. The number of benzene rings is 1. The summed E-state index contributed by atoms with van der Waals surface area (Å²) in [6.07, 6.45) is 1.48. The second kappa shape index (κ2) is 5.38. The smallest absolute Gasteiger partial charge is 0.206 e. The van der Waals surface area contributed by atoms with Gasteiger partial charge in [0.05, 0.1) is 5.56 Å². The quantitative estimate of drug-likeness (QED) is 0.447. The fraction of sp³-hybridized carbons (Fsp3) is 0.111. The van der Waals surface area contributed by atoms with Gasteiger partial charge in [0, 0.05) is 22.7 Å². The number of nitrogens with zero attached hydrogens (tertiary/aromatic N) is 1. The summed E-state index contributed by atoms with van der Waals surface area (Å²) in [6.45, 7) is 3.65. The first kappa shape index (κ1) is 13.9. The van der Waals surface area contributed by atoms with Gasteiger partial charge < -0.3 is 9.40 Å². The number of aromatic nitrogens is 1. The lowest BCUT2D eigenvalue weighted by Crippen LogP contribution is -2.03. The Bertz CT molecular complexity index is 936. The third kappa shape index (κ3) is 2.33. The van der Waals surface area contributed by atoms with Crippen LogP contribution in [0.25, 0.3) is 17.0 Å². The molecule has 1 N–H and O–H groups in total. The van der Waals surface area contributed by atoms with Gasteiger partial charge in [-0.1, -0.05) is 18.2 Å². The molecule has 0 fully saturated rings. The predicted molar refractivity (Wildman–Crippen MR) is 84.4 cm³/mol. The van der Waals surface area contributed by atoms with Crippen LogP contribution in [0.3, 0.4) is 0 Å². The number of furan rings is 1. The van der Waals surface area contributed by atoms with Crippen molar-refractivity contribution in [2.24, 2.45) is 0 Å². The molecule has 1 aromatic carbocycles. The summed E-state index contributed by atoms with van der Waals surface area (Å²) in [4.78, 5) is 15.9. The Labute approximate surface area is 127 Å². The van der Waals surface area contributed by atoms with Crippen molar-refractivity contribution in [3.63, 3.8) is 0 Å². The summed E-state index contributed by atoms with van der Waals surface area (Å²) in [5.41, 5.74) is 2.23. The minimum absolute atomic E-state index is 0.0576. The van der Waals surface area contributed by atoms with Gasteiger partial charge in [-0.2, -0.15) is 5.26 Å². The van der Waals surface area contributed by atoms with Crippen molar-refractivity contribution in [1.29, 1.82) is 5.26 Å². The molecule has 108 valence electrons. The van der Waals surface area contributed by atoms with Crippen molar-refractivity contribution in [3.05, 3.63) is 64.7 Å². The monoisotopic (exact) mass is 290 g/mol. The zero-order valence-corrected chi connectivity index (χ0v) is 12.3. The number of carbonyl (C=O) groups excluding carboxylic acids is 1. The number of nitrogens with one attached hydrogen (secondary N) is 1. The van der Waals surface area contributed by atoms with Crippen LogP contribution in [0.2, 0.25) is 0 Å². The Morgan fingerprint density at radius 1 is 1.23 bits per heavy atom. The Kier molecular flexibility index (Phi) is 3.40. The molecule has 2 heterocycles. The topological polar surface area (TPSA) is 69.8 Å². The molecule has 22 heavy (non-hydrogen) atoms. The standard InChI is InChI=1S/C18H14N2O2/c1-11-7-8-14(22-11)9-13(10-19)18(21)17-12(2)20-16-6-4-3-5-15(16)17/h3-9,20H,1-2H3/b13-9+.